The highest BCUT2D eigenvalue weighted by Gasteiger charge is 2.06. The number of hydrogen-bond acceptors (Lipinski definition) is 2. The van der Waals surface area contributed by atoms with Crippen LogP contribution in [0.4, 0.5) is 0 Å². The topological polar surface area (TPSA) is 39.2 Å². The zero-order chi connectivity index (χ0) is 11.4. The average molecular weight is 236 g/mol. The van der Waals surface area contributed by atoms with Crippen LogP contribution in [0.25, 0.3) is 0 Å². The molecule has 1 heterocycles. The fraction of sp³-hybridized carbons (Fsp3) is 0.231. The van der Waals surface area contributed by atoms with E-state index in [9.17, 15) is 0 Å². The van der Waals surface area contributed by atoms with Crippen molar-refractivity contribution in [2.75, 3.05) is 0 Å². The van der Waals surface area contributed by atoms with Crippen molar-refractivity contribution in [3.63, 3.8) is 0 Å². The number of benzene rings is 1. The first-order valence-corrected chi connectivity index (χ1v) is 5.63. The highest BCUT2D eigenvalue weighted by Crippen LogP contribution is 2.12. The molecule has 0 aliphatic carbocycles. The Balaban J connectivity index is 1.92. The maximum atomic E-state index is 6.06. The van der Waals surface area contributed by atoms with Gasteiger partial charge in [0.1, 0.15) is 0 Å². The van der Waals surface area contributed by atoms with E-state index in [1.165, 1.54) is 5.56 Å². The molecule has 1 unspecified atom stereocenters. The second-order valence-electron chi connectivity index (χ2n) is 3.93. The van der Waals surface area contributed by atoms with Gasteiger partial charge in [0.05, 0.1) is 12.5 Å². The van der Waals surface area contributed by atoms with Crippen molar-refractivity contribution >= 4 is 11.6 Å². The summed E-state index contributed by atoms with van der Waals surface area (Å²) in [7, 11) is 0. The number of halogens is 1. The Morgan fingerprint density at radius 3 is 2.38 bits per heavy atom. The Hall–Kier alpha value is -1.25. The minimum absolute atomic E-state index is 0.110. The van der Waals surface area contributed by atoms with Gasteiger partial charge < -0.3 is 10.2 Å². The zero-order valence-electron chi connectivity index (χ0n) is 8.90. The van der Waals surface area contributed by atoms with Gasteiger partial charge in [-0.05, 0) is 42.2 Å². The summed E-state index contributed by atoms with van der Waals surface area (Å²) in [5.41, 5.74) is 8.41. The summed E-state index contributed by atoms with van der Waals surface area (Å²) in [6, 6.07) is 9.86. The Labute approximate surface area is 100 Å². The van der Waals surface area contributed by atoms with Gasteiger partial charge in [-0.1, -0.05) is 23.7 Å². The van der Waals surface area contributed by atoms with Gasteiger partial charge in [-0.2, -0.15) is 0 Å². The highest BCUT2D eigenvalue weighted by atomic mass is 35.5. The molecular formula is C13H14ClNO. The summed E-state index contributed by atoms with van der Waals surface area (Å²) in [6.45, 7) is 0. The van der Waals surface area contributed by atoms with E-state index < -0.39 is 0 Å². The van der Waals surface area contributed by atoms with Crippen LogP contribution in [0.5, 0.6) is 0 Å². The van der Waals surface area contributed by atoms with Crippen LogP contribution < -0.4 is 5.73 Å². The lowest BCUT2D eigenvalue weighted by Crippen LogP contribution is -2.25. The summed E-state index contributed by atoms with van der Waals surface area (Å²) in [5.74, 6) is 0. The van der Waals surface area contributed by atoms with Gasteiger partial charge >= 0.3 is 0 Å². The number of nitrogens with two attached hydrogens (primary N) is 1. The fourth-order valence-corrected chi connectivity index (χ4v) is 1.83. The quantitative estimate of drug-likeness (QED) is 0.885. The lowest BCUT2D eigenvalue weighted by molar-refractivity contribution is 0.559. The van der Waals surface area contributed by atoms with Gasteiger partial charge in [-0.3, -0.25) is 0 Å². The lowest BCUT2D eigenvalue weighted by Gasteiger charge is -2.10. The predicted octanol–water partition coefficient (Wildman–Crippen LogP) is 3.05. The molecule has 1 atom stereocenters. The molecule has 0 saturated carbocycles. The molecule has 1 aromatic carbocycles. The predicted molar refractivity (Wildman–Crippen MR) is 65.5 cm³/mol. The second-order valence-corrected chi connectivity index (χ2v) is 4.36. The van der Waals surface area contributed by atoms with Crippen LogP contribution >= 0.6 is 11.6 Å². The van der Waals surface area contributed by atoms with Crippen LogP contribution in [-0.2, 0) is 12.8 Å². The minimum atomic E-state index is 0.110. The van der Waals surface area contributed by atoms with E-state index in [0.29, 0.717) is 0 Å². The van der Waals surface area contributed by atoms with Crippen molar-refractivity contribution in [1.82, 2.24) is 0 Å². The highest BCUT2D eigenvalue weighted by molar-refractivity contribution is 6.30. The average Bonchev–Trinajstić information content (AvgIpc) is 2.74. The van der Waals surface area contributed by atoms with E-state index in [-0.39, 0.29) is 6.04 Å². The Bertz CT molecular complexity index is 422. The van der Waals surface area contributed by atoms with Gasteiger partial charge in [0, 0.05) is 11.1 Å². The second kappa shape index (κ2) is 5.19. The number of rotatable bonds is 4. The van der Waals surface area contributed by atoms with E-state index in [1.807, 2.05) is 30.3 Å². The Kier molecular flexibility index (Phi) is 3.65. The summed E-state index contributed by atoms with van der Waals surface area (Å²) in [5, 5.41) is 0.757. The van der Waals surface area contributed by atoms with Crippen molar-refractivity contribution in [1.29, 1.82) is 0 Å². The van der Waals surface area contributed by atoms with Crippen molar-refractivity contribution in [2.24, 2.45) is 5.73 Å². The van der Waals surface area contributed by atoms with Crippen LogP contribution in [0.3, 0.4) is 0 Å². The number of furan rings is 1. The molecule has 0 aliphatic rings. The SMILES string of the molecule is NC(Cc1ccc(Cl)cc1)Cc1ccoc1. The fourth-order valence-electron chi connectivity index (χ4n) is 1.71. The molecule has 0 fully saturated rings. The van der Waals surface area contributed by atoms with E-state index in [0.717, 1.165) is 23.4 Å². The van der Waals surface area contributed by atoms with Crippen LogP contribution in [-0.4, -0.2) is 6.04 Å². The normalized spacial score (nSPS) is 12.6. The third-order valence-corrected chi connectivity index (χ3v) is 2.74. The molecule has 0 amide bonds. The molecule has 3 heteroatoms. The monoisotopic (exact) mass is 235 g/mol. The van der Waals surface area contributed by atoms with E-state index in [1.54, 1.807) is 12.5 Å². The van der Waals surface area contributed by atoms with Crippen LogP contribution in [0.1, 0.15) is 11.1 Å². The molecule has 0 aliphatic heterocycles. The van der Waals surface area contributed by atoms with Crippen molar-refractivity contribution < 1.29 is 4.42 Å². The molecule has 2 nitrogen and oxygen atoms in total. The van der Waals surface area contributed by atoms with Gasteiger partial charge in [0.2, 0.25) is 0 Å². The zero-order valence-corrected chi connectivity index (χ0v) is 9.65. The molecule has 0 bridgehead atoms. The third-order valence-electron chi connectivity index (χ3n) is 2.49. The smallest absolute Gasteiger partial charge is 0.0935 e. The molecule has 84 valence electrons. The van der Waals surface area contributed by atoms with Gasteiger partial charge in [-0.25, -0.2) is 0 Å². The molecule has 2 aromatic rings. The summed E-state index contributed by atoms with van der Waals surface area (Å²) < 4.78 is 5.01. The molecule has 0 spiro atoms. The summed E-state index contributed by atoms with van der Waals surface area (Å²) in [6.07, 6.45) is 5.09. The maximum absolute atomic E-state index is 6.06. The van der Waals surface area contributed by atoms with Gasteiger partial charge in [0.15, 0.2) is 0 Å². The standard InChI is InChI=1S/C13H14ClNO/c14-12-3-1-10(2-4-12)7-13(15)8-11-5-6-16-9-11/h1-6,9,13H,7-8,15H2. The van der Waals surface area contributed by atoms with E-state index >= 15 is 0 Å². The summed E-state index contributed by atoms with van der Waals surface area (Å²) in [4.78, 5) is 0. The first-order valence-electron chi connectivity index (χ1n) is 5.25. The van der Waals surface area contributed by atoms with Crippen molar-refractivity contribution in [2.45, 2.75) is 18.9 Å². The van der Waals surface area contributed by atoms with Crippen LogP contribution in [0, 0.1) is 0 Å². The van der Waals surface area contributed by atoms with Gasteiger partial charge in [-0.15, -0.1) is 0 Å². The van der Waals surface area contributed by atoms with Crippen molar-refractivity contribution in [3.8, 4) is 0 Å². The van der Waals surface area contributed by atoms with Crippen molar-refractivity contribution in [3.05, 3.63) is 59.0 Å². The van der Waals surface area contributed by atoms with Crippen LogP contribution in [0.15, 0.2) is 47.3 Å². The number of hydrogen-bond donors (Lipinski definition) is 1. The molecule has 16 heavy (non-hydrogen) atoms. The molecule has 0 saturated heterocycles. The largest absolute Gasteiger partial charge is 0.472 e. The minimum Gasteiger partial charge on any atom is -0.472 e. The van der Waals surface area contributed by atoms with Crippen LogP contribution in [0.2, 0.25) is 5.02 Å². The Morgan fingerprint density at radius 2 is 1.75 bits per heavy atom. The lowest BCUT2D eigenvalue weighted by atomic mass is 10.0. The first kappa shape index (κ1) is 11.2. The molecule has 1 aromatic heterocycles. The Morgan fingerprint density at radius 1 is 1.06 bits per heavy atom. The first-order chi connectivity index (χ1) is 7.74. The van der Waals surface area contributed by atoms with E-state index in [2.05, 4.69) is 0 Å². The maximum Gasteiger partial charge on any atom is 0.0935 e. The third kappa shape index (κ3) is 3.12. The molecule has 2 rings (SSSR count). The molecule has 0 radical (unpaired) electrons. The van der Waals surface area contributed by atoms with Gasteiger partial charge in [0.25, 0.3) is 0 Å². The summed E-state index contributed by atoms with van der Waals surface area (Å²) >= 11 is 5.82. The molecular weight excluding hydrogens is 222 g/mol. The van der Waals surface area contributed by atoms with E-state index in [4.69, 9.17) is 21.8 Å². The molecule has 2 N–H and O–H groups in total.